The Kier molecular flexibility index (Phi) is 5.06. The zero-order chi connectivity index (χ0) is 15.3. The topological polar surface area (TPSA) is 41.6 Å². The average molecular weight is 302 g/mol. The first-order valence-corrected chi connectivity index (χ1v) is 6.74. The van der Waals surface area contributed by atoms with Crippen LogP contribution in [0.3, 0.4) is 0 Å². The van der Waals surface area contributed by atoms with E-state index in [4.69, 9.17) is 4.74 Å². The third kappa shape index (κ3) is 4.93. The van der Waals surface area contributed by atoms with Crippen LogP contribution in [-0.4, -0.2) is 43.6 Å². The summed E-state index contributed by atoms with van der Waals surface area (Å²) in [4.78, 5) is 13.2. The van der Waals surface area contributed by atoms with Crippen LogP contribution in [-0.2, 0) is 11.0 Å². The van der Waals surface area contributed by atoms with Gasteiger partial charge in [-0.05, 0) is 24.6 Å². The number of hydrogen-bond acceptors (Lipinski definition) is 3. The van der Waals surface area contributed by atoms with Gasteiger partial charge in [0.25, 0.3) is 0 Å². The Morgan fingerprint density at radius 3 is 2.86 bits per heavy atom. The molecule has 0 bridgehead atoms. The Balaban J connectivity index is 1.75. The monoisotopic (exact) mass is 302 g/mol. The molecule has 4 nitrogen and oxygen atoms in total. The molecule has 0 aliphatic carbocycles. The van der Waals surface area contributed by atoms with Crippen LogP contribution >= 0.6 is 0 Å². The van der Waals surface area contributed by atoms with Crippen molar-refractivity contribution in [2.24, 2.45) is 0 Å². The molecular formula is C14H17F3N2O2. The number of nitrogens with zero attached hydrogens (tertiary/aromatic N) is 1. The molecule has 0 radical (unpaired) electrons. The molecule has 0 saturated carbocycles. The molecule has 7 heteroatoms. The molecule has 1 N–H and O–H groups in total. The van der Waals surface area contributed by atoms with Crippen molar-refractivity contribution in [1.82, 2.24) is 10.2 Å². The molecule has 116 valence electrons. The van der Waals surface area contributed by atoms with Gasteiger partial charge in [-0.2, -0.15) is 13.2 Å². The van der Waals surface area contributed by atoms with Crippen LogP contribution in [0.2, 0.25) is 0 Å². The van der Waals surface area contributed by atoms with E-state index in [1.807, 2.05) is 4.90 Å². The van der Waals surface area contributed by atoms with E-state index < -0.39 is 11.7 Å². The van der Waals surface area contributed by atoms with Gasteiger partial charge in [-0.15, -0.1) is 0 Å². The molecule has 0 aromatic heterocycles. The minimum absolute atomic E-state index is 0.0000433. The maximum atomic E-state index is 12.5. The highest BCUT2D eigenvalue weighted by Gasteiger charge is 2.30. The van der Waals surface area contributed by atoms with E-state index in [0.29, 0.717) is 32.7 Å². The number of amides is 1. The van der Waals surface area contributed by atoms with Crippen molar-refractivity contribution in [3.8, 4) is 5.75 Å². The maximum absolute atomic E-state index is 12.5. The number of alkyl halides is 3. The number of rotatable bonds is 5. The first kappa shape index (κ1) is 15.6. The second kappa shape index (κ2) is 6.80. The van der Waals surface area contributed by atoms with Crippen LogP contribution in [0.1, 0.15) is 12.0 Å². The molecule has 1 heterocycles. The third-order valence-corrected chi connectivity index (χ3v) is 3.17. The van der Waals surface area contributed by atoms with Gasteiger partial charge >= 0.3 is 6.18 Å². The van der Waals surface area contributed by atoms with E-state index in [1.54, 1.807) is 0 Å². The second-order valence-electron chi connectivity index (χ2n) is 4.85. The zero-order valence-electron chi connectivity index (χ0n) is 11.4. The Morgan fingerprint density at radius 1 is 1.33 bits per heavy atom. The van der Waals surface area contributed by atoms with Crippen LogP contribution in [0, 0.1) is 0 Å². The van der Waals surface area contributed by atoms with E-state index in [9.17, 15) is 18.0 Å². The first-order valence-electron chi connectivity index (χ1n) is 6.74. The number of halogens is 3. The molecule has 1 amide bonds. The van der Waals surface area contributed by atoms with Crippen LogP contribution < -0.4 is 10.1 Å². The first-order chi connectivity index (χ1) is 9.95. The Morgan fingerprint density at radius 2 is 2.14 bits per heavy atom. The van der Waals surface area contributed by atoms with Crippen LogP contribution in [0.15, 0.2) is 24.3 Å². The van der Waals surface area contributed by atoms with E-state index >= 15 is 0 Å². The van der Waals surface area contributed by atoms with Gasteiger partial charge in [0.15, 0.2) is 0 Å². The smallest absolute Gasteiger partial charge is 0.416 e. The maximum Gasteiger partial charge on any atom is 0.416 e. The highest BCUT2D eigenvalue weighted by atomic mass is 19.4. The molecule has 0 unspecified atom stereocenters. The van der Waals surface area contributed by atoms with E-state index in [2.05, 4.69) is 5.32 Å². The van der Waals surface area contributed by atoms with Gasteiger partial charge in [-0.25, -0.2) is 0 Å². The van der Waals surface area contributed by atoms with Gasteiger partial charge in [-0.3, -0.25) is 9.69 Å². The summed E-state index contributed by atoms with van der Waals surface area (Å²) in [6, 6.07) is 4.84. The quantitative estimate of drug-likeness (QED) is 0.845. The molecule has 1 aliphatic rings. The van der Waals surface area contributed by atoms with Crippen molar-refractivity contribution in [1.29, 1.82) is 0 Å². The van der Waals surface area contributed by atoms with Crippen LogP contribution in [0.25, 0.3) is 0 Å². The molecule has 0 spiro atoms. The van der Waals surface area contributed by atoms with Gasteiger partial charge < -0.3 is 10.1 Å². The van der Waals surface area contributed by atoms with Crippen LogP contribution in [0.5, 0.6) is 5.75 Å². The summed E-state index contributed by atoms with van der Waals surface area (Å²) in [5, 5.41) is 2.73. The number of benzene rings is 1. The number of piperazine rings is 1. The second-order valence-corrected chi connectivity index (χ2v) is 4.85. The Bertz CT molecular complexity index is 491. The fraction of sp³-hybridized carbons (Fsp3) is 0.500. The van der Waals surface area contributed by atoms with Gasteiger partial charge in [-0.1, -0.05) is 6.07 Å². The van der Waals surface area contributed by atoms with Crippen LogP contribution in [0.4, 0.5) is 13.2 Å². The van der Waals surface area contributed by atoms with Gasteiger partial charge in [0.05, 0.1) is 18.7 Å². The van der Waals surface area contributed by atoms with Gasteiger partial charge in [0.1, 0.15) is 5.75 Å². The summed E-state index contributed by atoms with van der Waals surface area (Å²) in [5.74, 6) is 0.209. The SMILES string of the molecule is O=C1CN(CCCOc2cccc(C(F)(F)F)c2)CCN1. The summed E-state index contributed by atoms with van der Waals surface area (Å²) < 4.78 is 42.9. The Hall–Kier alpha value is -1.76. The molecule has 1 saturated heterocycles. The minimum atomic E-state index is -4.36. The number of carbonyl (C=O) groups excluding carboxylic acids is 1. The summed E-state index contributed by atoms with van der Waals surface area (Å²) in [6.45, 7) is 2.79. The molecule has 1 fully saturated rings. The number of ether oxygens (including phenoxy) is 1. The predicted octanol–water partition coefficient (Wildman–Crippen LogP) is 1.91. The summed E-state index contributed by atoms with van der Waals surface area (Å²) in [5.41, 5.74) is -0.715. The summed E-state index contributed by atoms with van der Waals surface area (Å²) in [6.07, 6.45) is -3.70. The lowest BCUT2D eigenvalue weighted by Crippen LogP contribution is -2.47. The molecule has 21 heavy (non-hydrogen) atoms. The molecule has 1 aromatic carbocycles. The molecular weight excluding hydrogens is 285 g/mol. The van der Waals surface area contributed by atoms with Crippen molar-refractivity contribution in [3.63, 3.8) is 0 Å². The summed E-state index contributed by atoms with van der Waals surface area (Å²) >= 11 is 0. The van der Waals surface area contributed by atoms with Crippen molar-refractivity contribution >= 4 is 5.91 Å². The largest absolute Gasteiger partial charge is 0.494 e. The summed E-state index contributed by atoms with van der Waals surface area (Å²) in [7, 11) is 0. The minimum Gasteiger partial charge on any atom is -0.494 e. The fourth-order valence-electron chi connectivity index (χ4n) is 2.12. The lowest BCUT2D eigenvalue weighted by atomic mass is 10.2. The molecule has 1 aliphatic heterocycles. The van der Waals surface area contributed by atoms with E-state index in [0.717, 1.165) is 18.7 Å². The fourth-order valence-corrected chi connectivity index (χ4v) is 2.12. The highest BCUT2D eigenvalue weighted by Crippen LogP contribution is 2.31. The van der Waals surface area contributed by atoms with E-state index in [-0.39, 0.29) is 11.7 Å². The van der Waals surface area contributed by atoms with Crippen molar-refractivity contribution in [2.75, 3.05) is 32.8 Å². The normalized spacial score (nSPS) is 16.6. The van der Waals surface area contributed by atoms with Gasteiger partial charge in [0, 0.05) is 19.6 Å². The lowest BCUT2D eigenvalue weighted by Gasteiger charge is -2.26. The lowest BCUT2D eigenvalue weighted by molar-refractivity contribution is -0.137. The standard InChI is InChI=1S/C14H17F3N2O2/c15-14(16,17)11-3-1-4-12(9-11)21-8-2-6-19-7-5-18-13(20)10-19/h1,3-4,9H,2,5-8,10H2,(H,18,20). The van der Waals surface area contributed by atoms with Gasteiger partial charge in [0.2, 0.25) is 5.91 Å². The molecule has 0 atom stereocenters. The van der Waals surface area contributed by atoms with Crippen molar-refractivity contribution < 1.29 is 22.7 Å². The van der Waals surface area contributed by atoms with E-state index in [1.165, 1.54) is 12.1 Å². The number of nitrogens with one attached hydrogen (secondary N) is 1. The zero-order valence-corrected chi connectivity index (χ0v) is 11.4. The van der Waals surface area contributed by atoms with Crippen molar-refractivity contribution in [2.45, 2.75) is 12.6 Å². The molecule has 2 rings (SSSR count). The third-order valence-electron chi connectivity index (χ3n) is 3.17. The number of carbonyl (C=O) groups is 1. The predicted molar refractivity (Wildman–Crippen MR) is 71.0 cm³/mol. The number of hydrogen-bond donors (Lipinski definition) is 1. The highest BCUT2D eigenvalue weighted by molar-refractivity contribution is 5.78. The molecule has 1 aromatic rings. The van der Waals surface area contributed by atoms with Crippen molar-refractivity contribution in [3.05, 3.63) is 29.8 Å². The average Bonchev–Trinajstić information content (AvgIpc) is 2.43. The Labute approximate surface area is 120 Å².